The van der Waals surface area contributed by atoms with Crippen LogP contribution in [0.25, 0.3) is 0 Å². The zero-order chi connectivity index (χ0) is 15.6. The Hall–Kier alpha value is -0.930. The van der Waals surface area contributed by atoms with E-state index >= 15 is 0 Å². The van der Waals surface area contributed by atoms with Crippen LogP contribution in [0.3, 0.4) is 0 Å². The Bertz CT molecular complexity index is 575. The summed E-state index contributed by atoms with van der Waals surface area (Å²) in [6.45, 7) is 1.04. The minimum absolute atomic E-state index is 0.498. The average molecular weight is 329 g/mol. The quantitative estimate of drug-likeness (QED) is 0.872. The van der Waals surface area contributed by atoms with Crippen LogP contribution in [0.1, 0.15) is 44.2 Å². The summed E-state index contributed by atoms with van der Waals surface area (Å²) < 4.78 is 37.7. The lowest BCUT2D eigenvalue weighted by Gasteiger charge is -2.47. The summed E-state index contributed by atoms with van der Waals surface area (Å²) in [6.07, 6.45) is 6.00. The highest BCUT2D eigenvalue weighted by Gasteiger charge is 2.51. The summed E-state index contributed by atoms with van der Waals surface area (Å²) in [5, 5.41) is 5.56. The maximum atomic E-state index is 12.4. The fourth-order valence-corrected chi connectivity index (χ4v) is 4.52. The van der Waals surface area contributed by atoms with E-state index in [9.17, 15) is 8.42 Å². The molecule has 0 amide bonds. The number of rotatable bonds is 4. The van der Waals surface area contributed by atoms with Crippen LogP contribution in [0.15, 0.2) is 18.3 Å². The van der Waals surface area contributed by atoms with Gasteiger partial charge in [0.25, 0.3) is 10.2 Å². The minimum atomic E-state index is -3.99. The molecule has 3 N–H and O–H groups in total. The van der Waals surface area contributed by atoms with Crippen LogP contribution in [0.5, 0.6) is 0 Å². The van der Waals surface area contributed by atoms with Gasteiger partial charge in [0, 0.05) is 19.4 Å². The van der Waals surface area contributed by atoms with Crippen molar-refractivity contribution in [2.75, 3.05) is 13.2 Å². The van der Waals surface area contributed by atoms with Crippen LogP contribution in [-0.4, -0.2) is 37.1 Å². The number of aromatic nitrogens is 1. The molecule has 0 aliphatic carbocycles. The number of hydrogen-bond donors (Lipinski definition) is 2. The summed E-state index contributed by atoms with van der Waals surface area (Å²) in [5.74, 6) is 0. The van der Waals surface area contributed by atoms with Crippen LogP contribution >= 0.6 is 0 Å². The normalized spacial score (nSPS) is 30.5. The predicted molar refractivity (Wildman–Crippen MR) is 80.8 cm³/mol. The Morgan fingerprint density at radius 1 is 1.27 bits per heavy atom. The molecule has 2 aliphatic rings. The van der Waals surface area contributed by atoms with E-state index in [-0.39, 0.29) is 0 Å². The van der Waals surface area contributed by atoms with Gasteiger partial charge in [-0.2, -0.15) is 8.42 Å². The molecule has 2 atom stereocenters. The second-order valence-corrected chi connectivity index (χ2v) is 7.26. The van der Waals surface area contributed by atoms with Crippen molar-refractivity contribution in [1.29, 1.82) is 0 Å². The molecule has 0 bridgehead atoms. The Morgan fingerprint density at radius 3 is 2.64 bits per heavy atom. The van der Waals surface area contributed by atoms with Crippen molar-refractivity contribution in [3.63, 3.8) is 0 Å². The topological polar surface area (TPSA) is 97.7 Å². The molecule has 0 spiro atoms. The second kappa shape index (κ2) is 6.29. The molecular formula is C14H23N3O4S. The lowest BCUT2D eigenvalue weighted by atomic mass is 9.98. The zero-order valence-corrected chi connectivity index (χ0v) is 13.3. The van der Waals surface area contributed by atoms with E-state index in [1.165, 1.54) is 4.31 Å². The lowest BCUT2D eigenvalue weighted by Crippen LogP contribution is -2.60. The summed E-state index contributed by atoms with van der Waals surface area (Å²) in [6, 6.07) is 3.67. The van der Waals surface area contributed by atoms with E-state index in [0.717, 1.165) is 25.7 Å². The van der Waals surface area contributed by atoms with Crippen molar-refractivity contribution in [3.05, 3.63) is 24.0 Å². The minimum Gasteiger partial charge on any atom is -0.362 e. The molecule has 2 unspecified atom stereocenters. The highest BCUT2D eigenvalue weighted by Crippen LogP contribution is 2.41. The van der Waals surface area contributed by atoms with Gasteiger partial charge >= 0.3 is 0 Å². The first kappa shape index (κ1) is 15.9. The van der Waals surface area contributed by atoms with E-state index < -0.39 is 22.2 Å². The highest BCUT2D eigenvalue weighted by molar-refractivity contribution is 7.86. The van der Waals surface area contributed by atoms with Crippen molar-refractivity contribution in [2.45, 2.75) is 50.5 Å². The van der Waals surface area contributed by atoms with E-state index in [4.69, 9.17) is 14.6 Å². The van der Waals surface area contributed by atoms with Gasteiger partial charge in [-0.15, -0.1) is 4.31 Å². The number of nitrogens with one attached hydrogen (secondary N) is 1. The van der Waals surface area contributed by atoms with Gasteiger partial charge in [-0.05, 0) is 50.7 Å². The molecule has 7 nitrogen and oxygen atoms in total. The molecule has 0 saturated carbocycles. The maximum absolute atomic E-state index is 12.4. The molecule has 2 fully saturated rings. The predicted octanol–water partition coefficient (Wildman–Crippen LogP) is 1.40. The number of aromatic amines is 1. The summed E-state index contributed by atoms with van der Waals surface area (Å²) >= 11 is 0. The number of nitrogens with zero attached hydrogens (tertiary/aromatic N) is 1. The smallest absolute Gasteiger partial charge is 0.281 e. The third kappa shape index (κ3) is 2.93. The maximum Gasteiger partial charge on any atom is 0.281 e. The molecule has 22 heavy (non-hydrogen) atoms. The van der Waals surface area contributed by atoms with Gasteiger partial charge < -0.3 is 14.5 Å². The summed E-state index contributed by atoms with van der Waals surface area (Å²) in [4.78, 5) is 3.10. The Labute approximate surface area is 131 Å². The van der Waals surface area contributed by atoms with E-state index in [1.54, 1.807) is 6.20 Å². The van der Waals surface area contributed by atoms with E-state index in [0.29, 0.717) is 31.7 Å². The summed E-state index contributed by atoms with van der Waals surface area (Å²) in [5.41, 5.74) is -0.396. The first-order valence-electron chi connectivity index (χ1n) is 7.76. The lowest BCUT2D eigenvalue weighted by molar-refractivity contribution is -0.212. The Balaban J connectivity index is 2.05. The third-order valence-electron chi connectivity index (χ3n) is 4.32. The van der Waals surface area contributed by atoms with Gasteiger partial charge in [0.2, 0.25) is 0 Å². The Kier molecular flexibility index (Phi) is 4.56. The fourth-order valence-electron chi connectivity index (χ4n) is 3.37. The van der Waals surface area contributed by atoms with Gasteiger partial charge in [-0.3, -0.25) is 0 Å². The molecule has 2 aliphatic heterocycles. The van der Waals surface area contributed by atoms with Gasteiger partial charge in [0.15, 0.2) is 5.72 Å². The van der Waals surface area contributed by atoms with Crippen LogP contribution in [-0.2, 0) is 25.4 Å². The molecule has 3 rings (SSSR count). The van der Waals surface area contributed by atoms with E-state index in [1.807, 2.05) is 12.1 Å². The third-order valence-corrected chi connectivity index (χ3v) is 5.40. The molecule has 1 aromatic heterocycles. The molecule has 124 valence electrons. The molecule has 1 aromatic rings. The molecule has 2 saturated heterocycles. The number of ether oxygens (including phenoxy) is 2. The van der Waals surface area contributed by atoms with Crippen LogP contribution in [0.4, 0.5) is 0 Å². The molecule has 3 heterocycles. The van der Waals surface area contributed by atoms with Crippen molar-refractivity contribution < 1.29 is 17.9 Å². The average Bonchev–Trinajstić information content (AvgIpc) is 3.03. The number of H-pyrrole nitrogens is 1. The van der Waals surface area contributed by atoms with Gasteiger partial charge in [-0.25, -0.2) is 5.14 Å². The van der Waals surface area contributed by atoms with Crippen molar-refractivity contribution >= 4 is 10.2 Å². The van der Waals surface area contributed by atoms with Crippen LogP contribution < -0.4 is 5.14 Å². The van der Waals surface area contributed by atoms with Gasteiger partial charge in [0.05, 0.1) is 5.69 Å². The zero-order valence-electron chi connectivity index (χ0n) is 12.5. The van der Waals surface area contributed by atoms with Crippen molar-refractivity contribution in [1.82, 2.24) is 9.29 Å². The van der Waals surface area contributed by atoms with Crippen LogP contribution in [0.2, 0.25) is 0 Å². The molecule has 0 radical (unpaired) electrons. The largest absolute Gasteiger partial charge is 0.362 e. The number of nitrogens with two attached hydrogens (primary N) is 1. The molecular weight excluding hydrogens is 306 g/mol. The molecule has 0 aromatic carbocycles. The van der Waals surface area contributed by atoms with Crippen molar-refractivity contribution in [2.24, 2.45) is 5.14 Å². The Morgan fingerprint density at radius 2 is 2.09 bits per heavy atom. The van der Waals surface area contributed by atoms with E-state index in [2.05, 4.69) is 4.98 Å². The van der Waals surface area contributed by atoms with Gasteiger partial charge in [-0.1, -0.05) is 0 Å². The molecule has 8 heteroatoms. The second-order valence-electron chi connectivity index (χ2n) is 5.84. The SMILES string of the molecule is NS(=O)(=O)N(C1CCCCO1)C1(c2ccc[nH]2)CCCCO1. The van der Waals surface area contributed by atoms with Crippen LogP contribution in [0, 0.1) is 0 Å². The van der Waals surface area contributed by atoms with Gasteiger partial charge in [0.1, 0.15) is 6.23 Å². The fraction of sp³-hybridized carbons (Fsp3) is 0.714. The standard InChI is InChI=1S/C14H23N3O4S/c15-22(18,19)17(13-7-1-3-10-20-13)14(8-2-4-11-21-14)12-6-5-9-16-12/h5-6,9,13,16H,1-4,7-8,10-11H2,(H2,15,18,19). The monoisotopic (exact) mass is 329 g/mol. The summed E-state index contributed by atoms with van der Waals surface area (Å²) in [7, 11) is -3.99. The van der Waals surface area contributed by atoms with Crippen molar-refractivity contribution in [3.8, 4) is 0 Å². The highest BCUT2D eigenvalue weighted by atomic mass is 32.2. The number of hydrogen-bond acceptors (Lipinski definition) is 4. The first-order valence-corrected chi connectivity index (χ1v) is 9.26. The first-order chi connectivity index (χ1) is 10.5.